The molecule has 0 fully saturated rings. The quantitative estimate of drug-likeness (QED) is 0.905. The summed E-state index contributed by atoms with van der Waals surface area (Å²) in [6.07, 6.45) is 0. The van der Waals surface area contributed by atoms with E-state index in [1.807, 2.05) is 38.1 Å². The first kappa shape index (κ1) is 15.4. The molecule has 0 amide bonds. The summed E-state index contributed by atoms with van der Waals surface area (Å²) in [7, 11) is 1.68. The molecular weight excluding hydrogens is 262 g/mol. The number of methoxy groups -OCH3 is 1. The zero-order valence-corrected chi connectivity index (χ0v) is 13.1. The lowest BCUT2D eigenvalue weighted by molar-refractivity contribution is 0.294. The Balaban J connectivity index is 2.15. The summed E-state index contributed by atoms with van der Waals surface area (Å²) in [6.45, 7) is 6.57. The smallest absolute Gasteiger partial charge is 0.125 e. The van der Waals surface area contributed by atoms with Crippen molar-refractivity contribution in [3.63, 3.8) is 0 Å². The predicted octanol–water partition coefficient (Wildman–Crippen LogP) is 3.91. The predicted molar refractivity (Wildman–Crippen MR) is 85.8 cm³/mol. The highest BCUT2D eigenvalue weighted by atomic mass is 16.5. The third-order valence-corrected chi connectivity index (χ3v) is 3.54. The van der Waals surface area contributed by atoms with E-state index in [-0.39, 0.29) is 6.04 Å². The molecule has 2 rings (SSSR count). The summed E-state index contributed by atoms with van der Waals surface area (Å²) in [5.74, 6) is 1.73. The Labute approximate surface area is 126 Å². The van der Waals surface area contributed by atoms with Gasteiger partial charge >= 0.3 is 0 Å². The highest BCUT2D eigenvalue weighted by molar-refractivity contribution is 5.39. The number of aryl methyl sites for hydroxylation is 2. The van der Waals surface area contributed by atoms with Crippen LogP contribution in [-0.2, 0) is 6.61 Å². The van der Waals surface area contributed by atoms with E-state index in [1.54, 1.807) is 7.11 Å². The Hall–Kier alpha value is -2.00. The van der Waals surface area contributed by atoms with Crippen molar-refractivity contribution in [2.24, 2.45) is 5.73 Å². The van der Waals surface area contributed by atoms with Crippen LogP contribution in [-0.4, -0.2) is 7.11 Å². The van der Waals surface area contributed by atoms with Gasteiger partial charge in [-0.25, -0.2) is 0 Å². The Morgan fingerprint density at radius 3 is 2.38 bits per heavy atom. The standard InChI is InChI=1S/C18H23NO2/c1-12-5-7-18(20-4)16(9-12)11-21-17-8-6-15(14(3)19)10-13(17)2/h5-10,14H,11,19H2,1-4H3/t14-/m1/s1. The topological polar surface area (TPSA) is 44.5 Å². The lowest BCUT2D eigenvalue weighted by Crippen LogP contribution is -2.06. The molecule has 0 saturated carbocycles. The average molecular weight is 285 g/mol. The van der Waals surface area contributed by atoms with Gasteiger partial charge in [-0.05, 0) is 50.1 Å². The van der Waals surface area contributed by atoms with E-state index in [9.17, 15) is 0 Å². The van der Waals surface area contributed by atoms with Gasteiger partial charge in [0.2, 0.25) is 0 Å². The third-order valence-electron chi connectivity index (χ3n) is 3.54. The minimum absolute atomic E-state index is 0.0367. The van der Waals surface area contributed by atoms with E-state index in [2.05, 4.69) is 19.1 Å². The first-order chi connectivity index (χ1) is 10.0. The number of hydrogen-bond acceptors (Lipinski definition) is 3. The van der Waals surface area contributed by atoms with E-state index in [0.29, 0.717) is 6.61 Å². The zero-order valence-electron chi connectivity index (χ0n) is 13.1. The molecule has 2 aromatic carbocycles. The van der Waals surface area contributed by atoms with Gasteiger partial charge in [-0.15, -0.1) is 0 Å². The SMILES string of the molecule is COc1ccc(C)cc1COc1ccc([C@@H](C)N)cc1C. The van der Waals surface area contributed by atoms with Crippen LogP contribution in [0.5, 0.6) is 11.5 Å². The number of rotatable bonds is 5. The van der Waals surface area contributed by atoms with Crippen molar-refractivity contribution in [2.75, 3.05) is 7.11 Å². The summed E-state index contributed by atoms with van der Waals surface area (Å²) in [4.78, 5) is 0. The minimum Gasteiger partial charge on any atom is -0.496 e. The van der Waals surface area contributed by atoms with Crippen LogP contribution in [0.3, 0.4) is 0 Å². The molecular formula is C18H23NO2. The second kappa shape index (κ2) is 6.64. The molecule has 0 heterocycles. The number of hydrogen-bond donors (Lipinski definition) is 1. The highest BCUT2D eigenvalue weighted by Crippen LogP contribution is 2.25. The summed E-state index contributed by atoms with van der Waals surface area (Å²) < 4.78 is 11.3. The molecule has 112 valence electrons. The summed E-state index contributed by atoms with van der Waals surface area (Å²) in [6, 6.07) is 12.2. The molecule has 2 aromatic rings. The Morgan fingerprint density at radius 1 is 1.05 bits per heavy atom. The molecule has 0 unspecified atom stereocenters. The Kier molecular flexibility index (Phi) is 4.86. The van der Waals surface area contributed by atoms with Gasteiger partial charge in [-0.3, -0.25) is 0 Å². The van der Waals surface area contributed by atoms with Crippen LogP contribution in [0.1, 0.15) is 35.2 Å². The first-order valence-corrected chi connectivity index (χ1v) is 7.13. The monoisotopic (exact) mass is 285 g/mol. The maximum absolute atomic E-state index is 5.93. The van der Waals surface area contributed by atoms with E-state index < -0.39 is 0 Å². The molecule has 0 saturated heterocycles. The van der Waals surface area contributed by atoms with Crippen LogP contribution in [0.4, 0.5) is 0 Å². The Morgan fingerprint density at radius 2 is 1.76 bits per heavy atom. The van der Waals surface area contributed by atoms with Gasteiger partial charge in [0.05, 0.1) is 7.11 Å². The molecule has 2 N–H and O–H groups in total. The van der Waals surface area contributed by atoms with Crippen molar-refractivity contribution >= 4 is 0 Å². The average Bonchev–Trinajstić information content (AvgIpc) is 2.46. The molecule has 1 atom stereocenters. The molecule has 0 bridgehead atoms. The zero-order chi connectivity index (χ0) is 15.4. The first-order valence-electron chi connectivity index (χ1n) is 7.13. The largest absolute Gasteiger partial charge is 0.496 e. The summed E-state index contributed by atoms with van der Waals surface area (Å²) in [5.41, 5.74) is 10.3. The fraction of sp³-hybridized carbons (Fsp3) is 0.333. The van der Waals surface area contributed by atoms with E-state index >= 15 is 0 Å². The molecule has 0 aliphatic rings. The van der Waals surface area contributed by atoms with Crippen LogP contribution in [0.25, 0.3) is 0 Å². The van der Waals surface area contributed by atoms with Gasteiger partial charge in [0.25, 0.3) is 0 Å². The van der Waals surface area contributed by atoms with Gasteiger partial charge < -0.3 is 15.2 Å². The van der Waals surface area contributed by atoms with E-state index in [0.717, 1.165) is 28.2 Å². The molecule has 3 heteroatoms. The highest BCUT2D eigenvalue weighted by Gasteiger charge is 2.07. The van der Waals surface area contributed by atoms with Crippen LogP contribution < -0.4 is 15.2 Å². The third kappa shape index (κ3) is 3.76. The molecule has 0 radical (unpaired) electrons. The maximum atomic E-state index is 5.93. The van der Waals surface area contributed by atoms with E-state index in [1.165, 1.54) is 5.56 Å². The normalized spacial score (nSPS) is 12.0. The molecule has 0 aliphatic heterocycles. The fourth-order valence-corrected chi connectivity index (χ4v) is 2.29. The van der Waals surface area contributed by atoms with Gasteiger partial charge in [-0.2, -0.15) is 0 Å². The van der Waals surface area contributed by atoms with Crippen LogP contribution in [0.15, 0.2) is 36.4 Å². The maximum Gasteiger partial charge on any atom is 0.125 e. The van der Waals surface area contributed by atoms with Crippen LogP contribution in [0.2, 0.25) is 0 Å². The summed E-state index contributed by atoms with van der Waals surface area (Å²) in [5, 5.41) is 0. The molecule has 0 aliphatic carbocycles. The second-order valence-corrected chi connectivity index (χ2v) is 5.42. The lowest BCUT2D eigenvalue weighted by Gasteiger charge is -2.14. The van der Waals surface area contributed by atoms with Gasteiger partial charge in [0.15, 0.2) is 0 Å². The van der Waals surface area contributed by atoms with Crippen LogP contribution in [0, 0.1) is 13.8 Å². The van der Waals surface area contributed by atoms with Gasteiger partial charge in [-0.1, -0.05) is 23.8 Å². The van der Waals surface area contributed by atoms with Crippen molar-refractivity contribution in [1.82, 2.24) is 0 Å². The second-order valence-electron chi connectivity index (χ2n) is 5.42. The van der Waals surface area contributed by atoms with Crippen LogP contribution >= 0.6 is 0 Å². The van der Waals surface area contributed by atoms with Crippen molar-refractivity contribution in [2.45, 2.75) is 33.4 Å². The molecule has 21 heavy (non-hydrogen) atoms. The summed E-state index contributed by atoms with van der Waals surface area (Å²) >= 11 is 0. The molecule has 3 nitrogen and oxygen atoms in total. The van der Waals surface area contributed by atoms with Crippen molar-refractivity contribution in [1.29, 1.82) is 0 Å². The molecule has 0 spiro atoms. The fourth-order valence-electron chi connectivity index (χ4n) is 2.29. The number of nitrogens with two attached hydrogens (primary N) is 1. The van der Waals surface area contributed by atoms with Crippen molar-refractivity contribution in [3.05, 3.63) is 58.7 Å². The lowest BCUT2D eigenvalue weighted by atomic mass is 10.1. The van der Waals surface area contributed by atoms with Crippen molar-refractivity contribution in [3.8, 4) is 11.5 Å². The van der Waals surface area contributed by atoms with E-state index in [4.69, 9.17) is 15.2 Å². The molecule has 0 aromatic heterocycles. The van der Waals surface area contributed by atoms with Crippen molar-refractivity contribution < 1.29 is 9.47 Å². The minimum atomic E-state index is 0.0367. The number of benzene rings is 2. The van der Waals surface area contributed by atoms with Gasteiger partial charge in [0, 0.05) is 11.6 Å². The number of ether oxygens (including phenoxy) is 2. The Bertz CT molecular complexity index is 621. The van der Waals surface area contributed by atoms with Gasteiger partial charge in [0.1, 0.15) is 18.1 Å².